The predicted octanol–water partition coefficient (Wildman–Crippen LogP) is -1.27. The summed E-state index contributed by atoms with van der Waals surface area (Å²) in [6, 6.07) is 9.86. The van der Waals surface area contributed by atoms with E-state index in [2.05, 4.69) is 29.4 Å². The van der Waals surface area contributed by atoms with E-state index in [1.165, 1.54) is 6.07 Å². The van der Waals surface area contributed by atoms with Gasteiger partial charge in [-0.15, -0.1) is 0 Å². The van der Waals surface area contributed by atoms with Gasteiger partial charge in [0.05, 0.1) is 12.8 Å². The molecule has 0 bridgehead atoms. The molecule has 158 valence electrons. The molecule has 1 aliphatic rings. The first-order valence-electron chi connectivity index (χ1n) is 9.78. The Morgan fingerprint density at radius 1 is 1.16 bits per heavy atom. The summed E-state index contributed by atoms with van der Waals surface area (Å²) in [5, 5.41) is 23.2. The number of ether oxygens (including phenoxy) is 1. The van der Waals surface area contributed by atoms with Gasteiger partial charge in [-0.05, 0) is 44.1 Å². The van der Waals surface area contributed by atoms with Gasteiger partial charge >= 0.3 is 59.1 Å². The average Bonchev–Trinajstić information content (AvgIpc) is 3.32. The van der Waals surface area contributed by atoms with E-state index < -0.39 is 0 Å². The number of aryl methyl sites for hydroxylation is 1. The van der Waals surface area contributed by atoms with Crippen LogP contribution in [0, 0.1) is 6.04 Å². The maximum absolute atomic E-state index is 10.5. The van der Waals surface area contributed by atoms with Crippen LogP contribution in [0.2, 0.25) is 0 Å². The first-order valence-corrected chi connectivity index (χ1v) is 10.2. The van der Waals surface area contributed by atoms with E-state index in [0.29, 0.717) is 28.7 Å². The van der Waals surface area contributed by atoms with E-state index >= 15 is 0 Å². The Morgan fingerprint density at radius 2 is 1.88 bits per heavy atom. The van der Waals surface area contributed by atoms with Crippen molar-refractivity contribution < 1.29 is 74.1 Å². The molecule has 0 aliphatic carbocycles. The Bertz CT molecular complexity index is 1140. The fraction of sp³-hybridized carbons (Fsp3) is 0.273. The Morgan fingerprint density at radius 3 is 2.50 bits per heavy atom. The summed E-state index contributed by atoms with van der Waals surface area (Å²) in [5.41, 5.74) is 10.2. The van der Waals surface area contributed by atoms with Gasteiger partial charge in [0.1, 0.15) is 17.2 Å². The third-order valence-electron chi connectivity index (χ3n) is 5.33. The summed E-state index contributed by atoms with van der Waals surface area (Å²) < 4.78 is 7.76. The molecule has 1 saturated heterocycles. The first kappa shape index (κ1) is 27.1. The summed E-state index contributed by atoms with van der Waals surface area (Å²) in [4.78, 5) is 0.448. The second kappa shape index (κ2) is 10.9. The number of aromatic nitrogens is 1. The van der Waals surface area contributed by atoms with Gasteiger partial charge in [0.15, 0.2) is 0 Å². The third-order valence-corrected chi connectivity index (χ3v) is 5.62. The smallest absolute Gasteiger partial charge is 0.508 e. The monoisotopic (exact) mass is 470 g/mol. The molecular weight excluding hydrogens is 446 g/mol. The molecule has 0 spiro atoms. The molecule has 7 nitrogen and oxygen atoms in total. The van der Waals surface area contributed by atoms with Gasteiger partial charge in [-0.1, -0.05) is 36.7 Å². The van der Waals surface area contributed by atoms with Gasteiger partial charge in [-0.2, -0.15) is 11.6 Å². The maximum Gasteiger partial charge on any atom is 1.00 e. The molecule has 0 amide bonds. The molecule has 0 unspecified atom stereocenters. The SMILES string of the molecule is CCc1cc(N2[N-]NC(=S)[C-]2c2ccc(OC)c3c2ccn3C(C)C)c(O)cc1O.[Na+].[Na+]. The molecular formula is C22H24N4Na2O3S. The number of nitrogens with zero attached hydrogens (tertiary/aromatic N) is 3. The second-order valence-corrected chi connectivity index (χ2v) is 7.83. The van der Waals surface area contributed by atoms with Gasteiger partial charge in [0.2, 0.25) is 0 Å². The molecule has 32 heavy (non-hydrogen) atoms. The van der Waals surface area contributed by atoms with E-state index in [1.807, 2.05) is 31.3 Å². The number of hydrogen-bond donors (Lipinski definition) is 3. The number of phenolic OH excluding ortho intramolecular Hbond substituents is 2. The molecule has 1 aromatic heterocycles. The van der Waals surface area contributed by atoms with Crippen LogP contribution in [0.15, 0.2) is 36.5 Å². The normalized spacial score (nSPS) is 13.2. The molecule has 0 radical (unpaired) electrons. The molecule has 10 heteroatoms. The predicted molar refractivity (Wildman–Crippen MR) is 122 cm³/mol. The number of anilines is 1. The third kappa shape index (κ3) is 4.60. The van der Waals surface area contributed by atoms with Crippen LogP contribution in [0.1, 0.15) is 37.9 Å². The molecule has 0 saturated carbocycles. The van der Waals surface area contributed by atoms with Gasteiger partial charge < -0.3 is 35.5 Å². The zero-order chi connectivity index (χ0) is 21.6. The van der Waals surface area contributed by atoms with Crippen LogP contribution >= 0.6 is 12.2 Å². The number of rotatable bonds is 5. The van der Waals surface area contributed by atoms with Crippen molar-refractivity contribution in [1.82, 2.24) is 9.99 Å². The van der Waals surface area contributed by atoms with Crippen LogP contribution in [-0.2, 0) is 6.42 Å². The Kier molecular flexibility index (Phi) is 9.23. The van der Waals surface area contributed by atoms with Crippen molar-refractivity contribution in [2.45, 2.75) is 33.2 Å². The zero-order valence-corrected chi connectivity index (χ0v) is 24.1. The minimum Gasteiger partial charge on any atom is -0.508 e. The summed E-state index contributed by atoms with van der Waals surface area (Å²) in [7, 11) is 1.66. The number of methoxy groups -OCH3 is 1. The van der Waals surface area contributed by atoms with E-state index in [-0.39, 0.29) is 76.7 Å². The van der Waals surface area contributed by atoms with Gasteiger partial charge in [0.25, 0.3) is 0 Å². The van der Waals surface area contributed by atoms with Crippen LogP contribution in [-0.4, -0.2) is 26.9 Å². The van der Waals surface area contributed by atoms with Crippen molar-refractivity contribution in [3.05, 3.63) is 59.2 Å². The number of fused-ring (bicyclic) bond motifs is 1. The van der Waals surface area contributed by atoms with Crippen molar-refractivity contribution in [3.63, 3.8) is 0 Å². The summed E-state index contributed by atoms with van der Waals surface area (Å²) in [6.45, 7) is 6.16. The molecule has 0 atom stereocenters. The van der Waals surface area contributed by atoms with E-state index in [1.54, 1.807) is 18.2 Å². The second-order valence-electron chi connectivity index (χ2n) is 7.42. The quantitative estimate of drug-likeness (QED) is 0.245. The standard InChI is InChI=1S/C22H24N4O3S.2Na/c1-5-13-10-16(18(28)11-17(13)27)26-21(22(30)23-24-26)14-6-7-19(29-4)20-15(14)8-9-25(20)12(2)3;;/h6-12,27-28H,5H2,1-4H3,(H,23,30);;/q-2;2*+1. The summed E-state index contributed by atoms with van der Waals surface area (Å²) >= 11 is 5.56. The van der Waals surface area contributed by atoms with Crippen LogP contribution in [0.25, 0.3) is 16.4 Å². The molecule has 2 aromatic carbocycles. The molecule has 1 aliphatic heterocycles. The van der Waals surface area contributed by atoms with E-state index in [4.69, 9.17) is 17.0 Å². The summed E-state index contributed by atoms with van der Waals surface area (Å²) in [6.07, 6.45) is 2.65. The number of thiocarbonyl (C=S) groups is 1. The van der Waals surface area contributed by atoms with Crippen LogP contribution in [0.3, 0.4) is 0 Å². The number of aromatic hydroxyl groups is 2. The van der Waals surface area contributed by atoms with Crippen molar-refractivity contribution in [3.8, 4) is 17.2 Å². The Hall–Kier alpha value is -1.10. The molecule has 4 rings (SSSR count). The van der Waals surface area contributed by atoms with E-state index in [0.717, 1.165) is 22.2 Å². The Balaban J connectivity index is 0.00000181. The van der Waals surface area contributed by atoms with Crippen LogP contribution in [0.4, 0.5) is 5.69 Å². The van der Waals surface area contributed by atoms with Crippen molar-refractivity contribution in [2.24, 2.45) is 0 Å². The van der Waals surface area contributed by atoms with Crippen molar-refractivity contribution in [1.29, 1.82) is 0 Å². The molecule has 3 N–H and O–H groups in total. The number of phenols is 2. The van der Waals surface area contributed by atoms with Crippen LogP contribution < -0.4 is 74.3 Å². The Labute approximate surface area is 237 Å². The largest absolute Gasteiger partial charge is 1.00 e. The van der Waals surface area contributed by atoms with Crippen molar-refractivity contribution in [2.75, 3.05) is 12.1 Å². The molecule has 2 heterocycles. The van der Waals surface area contributed by atoms with Crippen LogP contribution in [0.5, 0.6) is 17.2 Å². The zero-order valence-electron chi connectivity index (χ0n) is 19.3. The number of nitrogens with one attached hydrogen (secondary N) is 1. The van der Waals surface area contributed by atoms with Gasteiger partial charge in [-0.3, -0.25) is 0 Å². The van der Waals surface area contributed by atoms with E-state index in [9.17, 15) is 10.2 Å². The molecule has 1 fully saturated rings. The average molecular weight is 471 g/mol. The minimum absolute atomic E-state index is 0. The minimum atomic E-state index is -0.0815. The number of hydrogen-bond acceptors (Lipinski definition) is 5. The molecule has 3 aromatic rings. The maximum atomic E-state index is 10.5. The number of benzene rings is 2. The first-order chi connectivity index (χ1) is 14.4. The fourth-order valence-electron chi connectivity index (χ4n) is 3.82. The van der Waals surface area contributed by atoms with Crippen molar-refractivity contribution >= 4 is 33.8 Å². The van der Waals surface area contributed by atoms with Gasteiger partial charge in [-0.25, -0.2) is 0 Å². The topological polar surface area (TPSA) is 84.0 Å². The fourth-order valence-corrected chi connectivity index (χ4v) is 4.06. The van der Waals surface area contributed by atoms with Gasteiger partial charge in [0, 0.05) is 22.6 Å². The summed E-state index contributed by atoms with van der Waals surface area (Å²) in [5.74, 6) is 0.743.